The number of methoxy groups -OCH3 is 1. The summed E-state index contributed by atoms with van der Waals surface area (Å²) in [5.41, 5.74) is 0.915. The first kappa shape index (κ1) is 20.6. The van der Waals surface area contributed by atoms with E-state index in [-0.39, 0.29) is 12.1 Å². The third kappa shape index (κ3) is 4.66. The lowest BCUT2D eigenvalue weighted by Crippen LogP contribution is -2.42. The van der Waals surface area contributed by atoms with Gasteiger partial charge >= 0.3 is 12.1 Å². The number of carbonyl (C=O) groups excluding carboxylic acids is 2. The predicted molar refractivity (Wildman–Crippen MR) is 109 cm³/mol. The second-order valence-corrected chi connectivity index (χ2v) is 8.86. The predicted octanol–water partition coefficient (Wildman–Crippen LogP) is 4.23. The van der Waals surface area contributed by atoms with E-state index < -0.39 is 5.60 Å². The number of piperidine rings is 1. The van der Waals surface area contributed by atoms with Crippen LogP contribution >= 0.6 is 15.9 Å². The summed E-state index contributed by atoms with van der Waals surface area (Å²) in [6.07, 6.45) is 1.52. The van der Waals surface area contributed by atoms with Crippen molar-refractivity contribution in [3.05, 3.63) is 28.4 Å². The summed E-state index contributed by atoms with van der Waals surface area (Å²) in [6, 6.07) is 5.43. The van der Waals surface area contributed by atoms with Crippen LogP contribution in [0.1, 0.15) is 44.0 Å². The second-order valence-electron chi connectivity index (χ2n) is 8.11. The maximum Gasteiger partial charge on any atom is 0.410 e. The Morgan fingerprint density at radius 1 is 1.25 bits per heavy atom. The number of amides is 1. The average Bonchev–Trinajstić information content (AvgIpc) is 2.95. The zero-order valence-corrected chi connectivity index (χ0v) is 18.3. The fraction of sp³-hybridized carbons (Fsp3) is 0.550. The molecular weight excluding hydrogens is 426 g/mol. The van der Waals surface area contributed by atoms with Gasteiger partial charge in [-0.05, 0) is 73.7 Å². The van der Waals surface area contributed by atoms with Gasteiger partial charge in [0.05, 0.1) is 18.2 Å². The summed E-state index contributed by atoms with van der Waals surface area (Å²) >= 11 is 3.50. The third-order valence-corrected chi connectivity index (χ3v) is 5.41. The largest absolute Gasteiger partial charge is 0.465 e. The van der Waals surface area contributed by atoms with Crippen LogP contribution in [0.2, 0.25) is 0 Å². The number of aromatic nitrogens is 2. The number of likely N-dealkylation sites (tertiary alicyclic amines) is 1. The van der Waals surface area contributed by atoms with Gasteiger partial charge in [0.1, 0.15) is 10.2 Å². The van der Waals surface area contributed by atoms with E-state index in [0.29, 0.717) is 24.6 Å². The van der Waals surface area contributed by atoms with Gasteiger partial charge in [0, 0.05) is 25.0 Å². The van der Waals surface area contributed by atoms with Crippen molar-refractivity contribution in [1.29, 1.82) is 0 Å². The minimum atomic E-state index is -0.481. The number of benzene rings is 1. The molecule has 0 saturated carbocycles. The highest BCUT2D eigenvalue weighted by Crippen LogP contribution is 2.28. The minimum Gasteiger partial charge on any atom is -0.465 e. The lowest BCUT2D eigenvalue weighted by atomic mass is 9.97. The van der Waals surface area contributed by atoms with E-state index in [2.05, 4.69) is 21.0 Å². The van der Waals surface area contributed by atoms with Crippen LogP contribution in [0.25, 0.3) is 10.9 Å². The molecule has 1 aromatic heterocycles. The quantitative estimate of drug-likeness (QED) is 0.652. The number of ether oxygens (including phenoxy) is 2. The molecule has 1 fully saturated rings. The van der Waals surface area contributed by atoms with Crippen LogP contribution in [-0.4, -0.2) is 52.5 Å². The molecule has 1 amide bonds. The SMILES string of the molecule is COC(=O)c1ccc2c(Br)nn(CC3CCN(C(=O)OC(C)(C)C)CC3)c2c1. The lowest BCUT2D eigenvalue weighted by Gasteiger charge is -2.33. The Bertz CT molecular complexity index is 879. The molecule has 0 radical (unpaired) electrons. The fourth-order valence-electron chi connectivity index (χ4n) is 3.39. The molecule has 0 atom stereocenters. The first-order valence-electron chi connectivity index (χ1n) is 9.40. The third-order valence-electron chi connectivity index (χ3n) is 4.83. The molecule has 1 aliphatic rings. The van der Waals surface area contributed by atoms with Crippen molar-refractivity contribution in [2.24, 2.45) is 5.92 Å². The molecule has 152 valence electrons. The van der Waals surface area contributed by atoms with Gasteiger partial charge in [-0.15, -0.1) is 0 Å². The Morgan fingerprint density at radius 2 is 1.93 bits per heavy atom. The summed E-state index contributed by atoms with van der Waals surface area (Å²) in [7, 11) is 1.37. The Kier molecular flexibility index (Phi) is 5.98. The highest BCUT2D eigenvalue weighted by molar-refractivity contribution is 9.10. The Hall–Kier alpha value is -2.09. The monoisotopic (exact) mass is 451 g/mol. The van der Waals surface area contributed by atoms with Crippen LogP contribution in [0, 0.1) is 5.92 Å². The van der Waals surface area contributed by atoms with Gasteiger partial charge in [0.2, 0.25) is 0 Å². The normalized spacial score (nSPS) is 15.7. The van der Waals surface area contributed by atoms with Gasteiger partial charge in [-0.3, -0.25) is 4.68 Å². The van der Waals surface area contributed by atoms with Crippen molar-refractivity contribution in [1.82, 2.24) is 14.7 Å². The lowest BCUT2D eigenvalue weighted by molar-refractivity contribution is 0.0177. The van der Waals surface area contributed by atoms with Gasteiger partial charge < -0.3 is 14.4 Å². The summed E-state index contributed by atoms with van der Waals surface area (Å²) < 4.78 is 13.0. The van der Waals surface area contributed by atoms with Crippen molar-refractivity contribution < 1.29 is 19.1 Å². The summed E-state index contributed by atoms with van der Waals surface area (Å²) in [4.78, 5) is 25.8. The molecule has 28 heavy (non-hydrogen) atoms. The van der Waals surface area contributed by atoms with Crippen molar-refractivity contribution in [2.45, 2.75) is 45.8 Å². The number of hydrogen-bond donors (Lipinski definition) is 0. The summed E-state index contributed by atoms with van der Waals surface area (Å²) in [5.74, 6) is 0.0342. The van der Waals surface area contributed by atoms with E-state index in [1.807, 2.05) is 37.6 Å². The van der Waals surface area contributed by atoms with Crippen LogP contribution in [0.5, 0.6) is 0 Å². The van der Waals surface area contributed by atoms with E-state index in [0.717, 1.165) is 34.9 Å². The van der Waals surface area contributed by atoms with Crippen LogP contribution < -0.4 is 0 Å². The van der Waals surface area contributed by atoms with Crippen molar-refractivity contribution in [3.8, 4) is 0 Å². The number of halogens is 1. The maximum absolute atomic E-state index is 12.2. The molecule has 1 saturated heterocycles. The summed E-state index contributed by atoms with van der Waals surface area (Å²) in [6.45, 7) is 7.71. The van der Waals surface area contributed by atoms with Gasteiger partial charge in [-0.2, -0.15) is 5.10 Å². The number of esters is 1. The van der Waals surface area contributed by atoms with Crippen molar-refractivity contribution >= 4 is 38.9 Å². The molecule has 1 aliphatic heterocycles. The molecule has 2 aromatic rings. The highest BCUT2D eigenvalue weighted by atomic mass is 79.9. The molecule has 2 heterocycles. The zero-order chi connectivity index (χ0) is 20.5. The molecule has 0 aliphatic carbocycles. The number of fused-ring (bicyclic) bond motifs is 1. The number of nitrogens with zero attached hydrogens (tertiary/aromatic N) is 3. The summed E-state index contributed by atoms with van der Waals surface area (Å²) in [5, 5.41) is 5.55. The van der Waals surface area contributed by atoms with E-state index in [9.17, 15) is 9.59 Å². The highest BCUT2D eigenvalue weighted by Gasteiger charge is 2.27. The van der Waals surface area contributed by atoms with E-state index in [1.54, 1.807) is 11.0 Å². The van der Waals surface area contributed by atoms with Crippen LogP contribution in [0.15, 0.2) is 22.8 Å². The molecule has 8 heteroatoms. The first-order valence-corrected chi connectivity index (χ1v) is 10.2. The van der Waals surface area contributed by atoms with Crippen molar-refractivity contribution in [2.75, 3.05) is 20.2 Å². The molecule has 0 N–H and O–H groups in total. The minimum absolute atomic E-state index is 0.249. The van der Waals surface area contributed by atoms with Gasteiger partial charge in [-0.25, -0.2) is 9.59 Å². The Labute approximate surface area is 173 Å². The first-order chi connectivity index (χ1) is 13.2. The molecular formula is C20H26BrN3O4. The maximum atomic E-state index is 12.2. The number of rotatable bonds is 3. The number of carbonyl (C=O) groups is 2. The Morgan fingerprint density at radius 3 is 2.54 bits per heavy atom. The fourth-order valence-corrected chi connectivity index (χ4v) is 3.91. The molecule has 7 nitrogen and oxygen atoms in total. The van der Waals surface area contributed by atoms with Gasteiger partial charge in [0.25, 0.3) is 0 Å². The van der Waals surface area contributed by atoms with Crippen molar-refractivity contribution in [3.63, 3.8) is 0 Å². The molecule has 0 spiro atoms. The zero-order valence-electron chi connectivity index (χ0n) is 16.7. The van der Waals surface area contributed by atoms with E-state index in [4.69, 9.17) is 9.47 Å². The van der Waals surface area contributed by atoms with Crippen LogP contribution in [0.3, 0.4) is 0 Å². The Balaban J connectivity index is 1.69. The second kappa shape index (κ2) is 8.11. The molecule has 1 aromatic carbocycles. The topological polar surface area (TPSA) is 73.7 Å². The molecule has 3 rings (SSSR count). The molecule has 0 bridgehead atoms. The van der Waals surface area contributed by atoms with E-state index in [1.165, 1.54) is 7.11 Å². The van der Waals surface area contributed by atoms with Gasteiger partial charge in [0.15, 0.2) is 0 Å². The number of hydrogen-bond acceptors (Lipinski definition) is 5. The molecule has 0 unspecified atom stereocenters. The van der Waals surface area contributed by atoms with E-state index >= 15 is 0 Å². The van der Waals surface area contributed by atoms with Gasteiger partial charge in [-0.1, -0.05) is 0 Å². The average molecular weight is 452 g/mol. The smallest absolute Gasteiger partial charge is 0.410 e. The van der Waals surface area contributed by atoms with Crippen LogP contribution in [0.4, 0.5) is 4.79 Å². The standard InChI is InChI=1S/C20H26BrN3O4/c1-20(2,3)28-19(26)23-9-7-13(8-10-23)12-24-16-11-14(18(25)27-4)5-6-15(16)17(21)22-24/h5-6,11,13H,7-10,12H2,1-4H3. The van der Waals surface area contributed by atoms with Crippen LogP contribution in [-0.2, 0) is 16.0 Å².